The lowest BCUT2D eigenvalue weighted by molar-refractivity contribution is 0.718. The topological polar surface area (TPSA) is 0 Å². The predicted octanol–water partition coefficient (Wildman–Crippen LogP) is 5.20. The number of rotatable bonds is 1. The number of hydrogen-bond donors (Lipinski definition) is 0. The molecule has 2 aromatic carbocycles. The SMILES string of the molecule is CSC1CCCc2cc3cc(C)c1cc3cc2C. The molecule has 94 valence electrons. The lowest BCUT2D eigenvalue weighted by Crippen LogP contribution is -2.02. The van der Waals surface area contributed by atoms with Crippen LogP contribution in [-0.4, -0.2) is 6.26 Å². The van der Waals surface area contributed by atoms with E-state index in [0.717, 1.165) is 0 Å². The molecule has 1 unspecified atom stereocenters. The van der Waals surface area contributed by atoms with Gasteiger partial charge in [0.05, 0.1) is 0 Å². The molecular weight excluding hydrogens is 236 g/mol. The van der Waals surface area contributed by atoms with Gasteiger partial charge in [-0.2, -0.15) is 11.8 Å². The first-order valence-corrected chi connectivity index (χ1v) is 8.04. The van der Waals surface area contributed by atoms with Crippen LogP contribution in [0.3, 0.4) is 0 Å². The van der Waals surface area contributed by atoms with Crippen LogP contribution in [0, 0.1) is 13.8 Å². The summed E-state index contributed by atoms with van der Waals surface area (Å²) < 4.78 is 0. The minimum Gasteiger partial charge on any atom is -0.157 e. The monoisotopic (exact) mass is 256 g/mol. The van der Waals surface area contributed by atoms with Crippen LogP contribution in [0.1, 0.15) is 40.3 Å². The zero-order valence-electron chi connectivity index (χ0n) is 11.4. The van der Waals surface area contributed by atoms with Crippen molar-refractivity contribution >= 4 is 22.5 Å². The maximum absolute atomic E-state index is 2.42. The van der Waals surface area contributed by atoms with E-state index in [1.807, 2.05) is 11.8 Å². The molecule has 2 aliphatic carbocycles. The summed E-state index contributed by atoms with van der Waals surface area (Å²) >= 11 is 2.00. The smallest absolute Gasteiger partial charge is 0.0297 e. The van der Waals surface area contributed by atoms with E-state index in [2.05, 4.69) is 44.4 Å². The molecule has 0 aromatic heterocycles. The summed E-state index contributed by atoms with van der Waals surface area (Å²) in [6.45, 7) is 4.51. The molecule has 4 bridgehead atoms. The van der Waals surface area contributed by atoms with Gasteiger partial charge in [-0.3, -0.25) is 0 Å². The highest BCUT2D eigenvalue weighted by atomic mass is 32.2. The Morgan fingerprint density at radius 2 is 1.72 bits per heavy atom. The number of fused-ring (bicyclic) bond motifs is 5. The number of aryl methyl sites for hydroxylation is 3. The van der Waals surface area contributed by atoms with Crippen molar-refractivity contribution in [1.82, 2.24) is 0 Å². The maximum Gasteiger partial charge on any atom is 0.0297 e. The molecule has 18 heavy (non-hydrogen) atoms. The highest BCUT2D eigenvalue weighted by Crippen LogP contribution is 2.37. The first-order valence-electron chi connectivity index (χ1n) is 6.75. The average Bonchev–Trinajstić information content (AvgIpc) is 2.36. The molecule has 2 aliphatic rings. The molecule has 0 saturated carbocycles. The van der Waals surface area contributed by atoms with Gasteiger partial charge in [0.25, 0.3) is 0 Å². The fourth-order valence-electron chi connectivity index (χ4n) is 3.14. The Kier molecular flexibility index (Phi) is 3.11. The van der Waals surface area contributed by atoms with Crippen LogP contribution in [0.15, 0.2) is 24.3 Å². The van der Waals surface area contributed by atoms with E-state index in [9.17, 15) is 0 Å². The van der Waals surface area contributed by atoms with Crippen molar-refractivity contribution in [3.8, 4) is 0 Å². The molecule has 0 amide bonds. The van der Waals surface area contributed by atoms with Crippen molar-refractivity contribution in [2.24, 2.45) is 0 Å². The number of benzene rings is 2. The van der Waals surface area contributed by atoms with E-state index >= 15 is 0 Å². The lowest BCUT2D eigenvalue weighted by atomic mass is 9.90. The molecule has 0 N–H and O–H groups in total. The minimum absolute atomic E-state index is 0.670. The average molecular weight is 256 g/mol. The summed E-state index contributed by atoms with van der Waals surface area (Å²) in [6.07, 6.45) is 6.07. The Balaban J connectivity index is 2.32. The summed E-state index contributed by atoms with van der Waals surface area (Å²) in [5.41, 5.74) is 6.00. The first kappa shape index (κ1) is 12.1. The summed E-state index contributed by atoms with van der Waals surface area (Å²) in [4.78, 5) is 0. The number of thioether (sulfide) groups is 1. The molecule has 0 spiro atoms. The summed E-state index contributed by atoms with van der Waals surface area (Å²) in [5.74, 6) is 0. The third-order valence-electron chi connectivity index (χ3n) is 4.22. The second kappa shape index (κ2) is 4.62. The quantitative estimate of drug-likeness (QED) is 0.676. The molecule has 2 aromatic rings. The van der Waals surface area contributed by atoms with Crippen LogP contribution in [-0.2, 0) is 6.42 Å². The van der Waals surface area contributed by atoms with E-state index in [4.69, 9.17) is 0 Å². The van der Waals surface area contributed by atoms with Gasteiger partial charge >= 0.3 is 0 Å². The van der Waals surface area contributed by atoms with Crippen LogP contribution < -0.4 is 0 Å². The molecule has 0 fully saturated rings. The second-order valence-corrected chi connectivity index (χ2v) is 6.49. The van der Waals surface area contributed by atoms with Gasteiger partial charge in [0.15, 0.2) is 0 Å². The standard InChI is InChI=1S/C17H20S/c1-11-7-15-10-16-12(2)8-14(15)9-13(11)5-4-6-17(16)18-3/h7-10,17H,4-6H2,1-3H3. The van der Waals surface area contributed by atoms with E-state index < -0.39 is 0 Å². The normalized spacial score (nSPS) is 18.9. The van der Waals surface area contributed by atoms with Crippen LogP contribution in [0.25, 0.3) is 10.8 Å². The van der Waals surface area contributed by atoms with Gasteiger partial charge in [-0.05, 0) is 78.5 Å². The van der Waals surface area contributed by atoms with Crippen LogP contribution in [0.2, 0.25) is 0 Å². The minimum atomic E-state index is 0.670. The van der Waals surface area contributed by atoms with Gasteiger partial charge in [0.2, 0.25) is 0 Å². The summed E-state index contributed by atoms with van der Waals surface area (Å²) in [6, 6.07) is 9.58. The van der Waals surface area contributed by atoms with E-state index in [0.29, 0.717) is 5.25 Å². The van der Waals surface area contributed by atoms with Crippen molar-refractivity contribution in [3.63, 3.8) is 0 Å². The van der Waals surface area contributed by atoms with Gasteiger partial charge in [0, 0.05) is 5.25 Å². The largest absolute Gasteiger partial charge is 0.157 e. The maximum atomic E-state index is 2.42. The van der Waals surface area contributed by atoms with Crippen molar-refractivity contribution in [2.45, 2.75) is 38.4 Å². The Labute approximate surface area is 114 Å². The Morgan fingerprint density at radius 3 is 2.50 bits per heavy atom. The second-order valence-electron chi connectivity index (χ2n) is 5.45. The van der Waals surface area contributed by atoms with Gasteiger partial charge in [-0.15, -0.1) is 0 Å². The molecule has 0 radical (unpaired) electrons. The predicted molar refractivity (Wildman–Crippen MR) is 82.6 cm³/mol. The van der Waals surface area contributed by atoms with Crippen LogP contribution in [0.5, 0.6) is 0 Å². The van der Waals surface area contributed by atoms with Crippen molar-refractivity contribution in [2.75, 3.05) is 6.26 Å². The van der Waals surface area contributed by atoms with Crippen molar-refractivity contribution in [3.05, 3.63) is 46.5 Å². The first-order chi connectivity index (χ1) is 8.69. The highest BCUT2D eigenvalue weighted by molar-refractivity contribution is 7.98. The van der Waals surface area contributed by atoms with E-state index in [1.165, 1.54) is 46.7 Å². The van der Waals surface area contributed by atoms with E-state index in [1.54, 1.807) is 5.56 Å². The Bertz CT molecular complexity index is 598. The molecule has 0 saturated heterocycles. The number of hydrogen-bond acceptors (Lipinski definition) is 1. The van der Waals surface area contributed by atoms with Gasteiger partial charge in [-0.1, -0.05) is 18.2 Å². The molecule has 4 rings (SSSR count). The fourth-order valence-corrected chi connectivity index (χ4v) is 4.05. The summed E-state index contributed by atoms with van der Waals surface area (Å²) in [5, 5.41) is 3.50. The molecular formula is C17H20S. The fraction of sp³-hybridized carbons (Fsp3) is 0.412. The molecule has 0 heterocycles. The molecule has 0 aliphatic heterocycles. The molecule has 1 heteroatoms. The summed E-state index contributed by atoms with van der Waals surface area (Å²) in [7, 11) is 0. The molecule has 0 nitrogen and oxygen atoms in total. The highest BCUT2D eigenvalue weighted by Gasteiger charge is 2.16. The van der Waals surface area contributed by atoms with Crippen LogP contribution in [0.4, 0.5) is 0 Å². The van der Waals surface area contributed by atoms with Gasteiger partial charge < -0.3 is 0 Å². The Morgan fingerprint density at radius 1 is 1.00 bits per heavy atom. The lowest BCUT2D eigenvalue weighted by Gasteiger charge is -2.21. The zero-order valence-corrected chi connectivity index (χ0v) is 12.2. The third-order valence-corrected chi connectivity index (χ3v) is 5.28. The van der Waals surface area contributed by atoms with E-state index in [-0.39, 0.29) is 0 Å². The van der Waals surface area contributed by atoms with Crippen LogP contribution >= 0.6 is 11.8 Å². The third kappa shape index (κ3) is 1.95. The zero-order chi connectivity index (χ0) is 12.7. The van der Waals surface area contributed by atoms with Crippen molar-refractivity contribution < 1.29 is 0 Å². The van der Waals surface area contributed by atoms with Crippen molar-refractivity contribution in [1.29, 1.82) is 0 Å². The molecule has 1 atom stereocenters. The van der Waals surface area contributed by atoms with Gasteiger partial charge in [-0.25, -0.2) is 0 Å². The Hall–Kier alpha value is -0.950. The van der Waals surface area contributed by atoms with Gasteiger partial charge in [0.1, 0.15) is 0 Å².